The molecule has 1 unspecified atom stereocenters. The van der Waals surface area contributed by atoms with E-state index in [1.54, 1.807) is 12.4 Å². The Kier molecular flexibility index (Phi) is 5.31. The minimum absolute atomic E-state index is 0.126. The van der Waals surface area contributed by atoms with Gasteiger partial charge in [0.25, 0.3) is 0 Å². The quantitative estimate of drug-likeness (QED) is 0.871. The molecule has 1 heterocycles. The van der Waals surface area contributed by atoms with E-state index in [1.165, 1.54) is 6.07 Å². The highest BCUT2D eigenvalue weighted by Gasteiger charge is 2.17. The third-order valence-electron chi connectivity index (χ3n) is 3.31. The minimum atomic E-state index is -0.221. The number of hydrogen-bond acceptors (Lipinski definition) is 2. The molecular weight excluding hydrogens is 321 g/mol. The van der Waals surface area contributed by atoms with Crippen LogP contribution < -0.4 is 5.32 Å². The predicted octanol–water partition coefficient (Wildman–Crippen LogP) is 3.61. The van der Waals surface area contributed by atoms with Crippen LogP contribution in [0.3, 0.4) is 0 Å². The molecule has 5 heteroatoms. The molecule has 2 aromatic rings. The smallest absolute Gasteiger partial charge is 0.137 e. The van der Waals surface area contributed by atoms with Gasteiger partial charge < -0.3 is 9.88 Å². The summed E-state index contributed by atoms with van der Waals surface area (Å²) >= 11 is 3.33. The van der Waals surface area contributed by atoms with E-state index in [4.69, 9.17) is 0 Å². The minimum Gasteiger partial charge on any atom is -0.336 e. The van der Waals surface area contributed by atoms with Gasteiger partial charge in [0, 0.05) is 13.2 Å². The lowest BCUT2D eigenvalue weighted by molar-refractivity contribution is 0.501. The largest absolute Gasteiger partial charge is 0.336 e. The molecule has 1 N–H and O–H groups in total. The van der Waals surface area contributed by atoms with Crippen molar-refractivity contribution in [2.75, 3.05) is 6.54 Å². The lowest BCUT2D eigenvalue weighted by Crippen LogP contribution is -2.26. The van der Waals surface area contributed by atoms with Gasteiger partial charge in [-0.15, -0.1) is 0 Å². The zero-order chi connectivity index (χ0) is 14.5. The third-order valence-corrected chi connectivity index (χ3v) is 4.20. The van der Waals surface area contributed by atoms with Crippen LogP contribution in [0.2, 0.25) is 0 Å². The monoisotopic (exact) mass is 339 g/mol. The van der Waals surface area contributed by atoms with E-state index >= 15 is 0 Å². The molecule has 0 amide bonds. The summed E-state index contributed by atoms with van der Waals surface area (Å²) in [5.41, 5.74) is 2.06. The van der Waals surface area contributed by atoms with Gasteiger partial charge in [-0.05, 0) is 46.9 Å². The summed E-state index contributed by atoms with van der Waals surface area (Å²) in [5.74, 6) is -0.221. The standard InChI is InChI=1S/C15H19BrFN3/c1-3-7-19-13(14-9-18-10-20(14)2)8-11-5-4-6-12(17)15(11)16/h4-6,9-10,13,19H,3,7-8H2,1-2H3. The van der Waals surface area contributed by atoms with E-state index in [2.05, 4.69) is 33.2 Å². The van der Waals surface area contributed by atoms with Crippen molar-refractivity contribution in [1.82, 2.24) is 14.9 Å². The number of hydrogen-bond donors (Lipinski definition) is 1. The van der Waals surface area contributed by atoms with Gasteiger partial charge in [0.05, 0.1) is 22.5 Å². The molecule has 20 heavy (non-hydrogen) atoms. The first kappa shape index (κ1) is 15.2. The molecule has 2 rings (SSSR count). The fourth-order valence-corrected chi connectivity index (χ4v) is 2.66. The number of nitrogens with zero attached hydrogens (tertiary/aromatic N) is 2. The maximum absolute atomic E-state index is 13.6. The van der Waals surface area contributed by atoms with Gasteiger partial charge in [0.15, 0.2) is 0 Å². The van der Waals surface area contributed by atoms with Crippen molar-refractivity contribution in [3.63, 3.8) is 0 Å². The molecule has 108 valence electrons. The van der Waals surface area contributed by atoms with Gasteiger partial charge >= 0.3 is 0 Å². The van der Waals surface area contributed by atoms with Crippen LogP contribution in [0.5, 0.6) is 0 Å². The second-order valence-electron chi connectivity index (χ2n) is 4.85. The molecule has 3 nitrogen and oxygen atoms in total. The molecule has 0 fully saturated rings. The molecule has 1 atom stereocenters. The molecule has 0 saturated heterocycles. The average molecular weight is 340 g/mol. The van der Waals surface area contributed by atoms with Gasteiger partial charge in [-0.1, -0.05) is 19.1 Å². The molecule has 0 aliphatic rings. The van der Waals surface area contributed by atoms with Gasteiger partial charge in [0.1, 0.15) is 5.82 Å². The Morgan fingerprint density at radius 3 is 2.90 bits per heavy atom. The Morgan fingerprint density at radius 2 is 2.25 bits per heavy atom. The number of imidazole rings is 1. The first-order valence-electron chi connectivity index (χ1n) is 6.76. The van der Waals surface area contributed by atoms with Crippen molar-refractivity contribution in [3.8, 4) is 0 Å². The van der Waals surface area contributed by atoms with Crippen molar-refractivity contribution in [2.24, 2.45) is 7.05 Å². The first-order valence-corrected chi connectivity index (χ1v) is 7.55. The molecular formula is C15H19BrFN3. The fraction of sp³-hybridized carbons (Fsp3) is 0.400. The Labute approximate surface area is 127 Å². The van der Waals surface area contributed by atoms with E-state index in [-0.39, 0.29) is 11.9 Å². The van der Waals surface area contributed by atoms with Crippen molar-refractivity contribution in [1.29, 1.82) is 0 Å². The van der Waals surface area contributed by atoms with Crippen LogP contribution in [0, 0.1) is 5.82 Å². The summed E-state index contributed by atoms with van der Waals surface area (Å²) in [6, 6.07) is 5.28. The van der Waals surface area contributed by atoms with Gasteiger partial charge in [0.2, 0.25) is 0 Å². The van der Waals surface area contributed by atoms with E-state index in [0.29, 0.717) is 4.47 Å². The number of aromatic nitrogens is 2. The summed E-state index contributed by atoms with van der Waals surface area (Å²) in [5, 5.41) is 3.50. The highest BCUT2D eigenvalue weighted by atomic mass is 79.9. The van der Waals surface area contributed by atoms with Gasteiger partial charge in [-0.3, -0.25) is 0 Å². The molecule has 1 aromatic heterocycles. The molecule has 0 aliphatic carbocycles. The Hall–Kier alpha value is -1.20. The zero-order valence-corrected chi connectivity index (χ0v) is 13.3. The van der Waals surface area contributed by atoms with Gasteiger partial charge in [-0.25, -0.2) is 9.37 Å². The van der Waals surface area contributed by atoms with Crippen LogP contribution in [-0.4, -0.2) is 16.1 Å². The number of rotatable bonds is 6. The van der Waals surface area contributed by atoms with E-state index in [0.717, 1.165) is 30.6 Å². The highest BCUT2D eigenvalue weighted by molar-refractivity contribution is 9.10. The molecule has 0 saturated carbocycles. The van der Waals surface area contributed by atoms with E-state index < -0.39 is 0 Å². The second kappa shape index (κ2) is 6.99. The van der Waals surface area contributed by atoms with Crippen molar-refractivity contribution in [3.05, 3.63) is 52.3 Å². The van der Waals surface area contributed by atoms with Gasteiger partial charge in [-0.2, -0.15) is 0 Å². The topological polar surface area (TPSA) is 29.9 Å². The van der Waals surface area contributed by atoms with Crippen LogP contribution >= 0.6 is 15.9 Å². The Bertz CT molecular complexity index is 568. The maximum Gasteiger partial charge on any atom is 0.137 e. The summed E-state index contributed by atoms with van der Waals surface area (Å²) < 4.78 is 16.2. The number of benzene rings is 1. The lowest BCUT2D eigenvalue weighted by atomic mass is 10.0. The number of nitrogens with one attached hydrogen (secondary N) is 1. The molecule has 0 radical (unpaired) electrons. The first-order chi connectivity index (χ1) is 9.63. The molecule has 0 spiro atoms. The number of aryl methyl sites for hydroxylation is 1. The average Bonchev–Trinajstić information content (AvgIpc) is 2.85. The van der Waals surface area contributed by atoms with Crippen molar-refractivity contribution in [2.45, 2.75) is 25.8 Å². The van der Waals surface area contributed by atoms with Crippen LogP contribution in [-0.2, 0) is 13.5 Å². The molecule has 0 bridgehead atoms. The number of halogens is 2. The van der Waals surface area contributed by atoms with Crippen molar-refractivity contribution >= 4 is 15.9 Å². The van der Waals surface area contributed by atoms with Crippen molar-refractivity contribution < 1.29 is 4.39 Å². The van der Waals surface area contributed by atoms with Crippen LogP contribution in [0.25, 0.3) is 0 Å². The van der Waals surface area contributed by atoms with Crippen LogP contribution in [0.1, 0.15) is 30.6 Å². The summed E-state index contributed by atoms with van der Waals surface area (Å²) in [6.07, 6.45) is 5.42. The predicted molar refractivity (Wildman–Crippen MR) is 82.0 cm³/mol. The summed E-state index contributed by atoms with van der Waals surface area (Å²) in [4.78, 5) is 4.17. The van der Waals surface area contributed by atoms with Crippen LogP contribution in [0.4, 0.5) is 4.39 Å². The Morgan fingerprint density at radius 1 is 1.45 bits per heavy atom. The van der Waals surface area contributed by atoms with Crippen LogP contribution in [0.15, 0.2) is 35.2 Å². The highest BCUT2D eigenvalue weighted by Crippen LogP contribution is 2.25. The van der Waals surface area contributed by atoms with E-state index in [9.17, 15) is 4.39 Å². The lowest BCUT2D eigenvalue weighted by Gasteiger charge is -2.20. The fourth-order valence-electron chi connectivity index (χ4n) is 2.23. The summed E-state index contributed by atoms with van der Waals surface area (Å²) in [7, 11) is 1.98. The normalized spacial score (nSPS) is 12.6. The second-order valence-corrected chi connectivity index (χ2v) is 5.65. The summed E-state index contributed by atoms with van der Waals surface area (Å²) in [6.45, 7) is 3.05. The zero-order valence-electron chi connectivity index (χ0n) is 11.7. The third kappa shape index (κ3) is 3.46. The molecule has 1 aromatic carbocycles. The Balaban J connectivity index is 2.24. The van der Waals surface area contributed by atoms with E-state index in [1.807, 2.05) is 23.9 Å². The molecule has 0 aliphatic heterocycles. The maximum atomic E-state index is 13.6. The SMILES string of the molecule is CCCNC(Cc1cccc(F)c1Br)c1cncn1C.